The molecule has 0 aromatic heterocycles. The van der Waals surface area contributed by atoms with E-state index < -0.39 is 29.8 Å². The molecule has 0 amide bonds. The molecule has 6 N–H and O–H groups in total. The first-order valence-electron chi connectivity index (χ1n) is 5.85. The van der Waals surface area contributed by atoms with Crippen molar-refractivity contribution in [2.75, 3.05) is 11.9 Å². The standard InChI is InChI=1S/C11H15ClN2O6/c12-6-2-1-5(3-7(6)14(18)19)13-11-10(17)9(16)8(15)4-20-11/h1-3,8-11,13-18H,4H2/t8-,9-,10+,11+/m1/s1. The number of quaternary nitrogens is 1. The molecule has 0 saturated carbocycles. The Morgan fingerprint density at radius 1 is 1.30 bits per heavy atom. The van der Waals surface area contributed by atoms with Gasteiger partial charge < -0.3 is 30.6 Å². The van der Waals surface area contributed by atoms with Crippen molar-refractivity contribution in [2.45, 2.75) is 24.5 Å². The molecule has 1 heterocycles. The Bertz CT molecular complexity index is 474. The topological polar surface area (TPSA) is 130 Å². The van der Waals surface area contributed by atoms with Crippen LogP contribution in [-0.2, 0) is 4.74 Å². The van der Waals surface area contributed by atoms with Crippen molar-refractivity contribution in [2.24, 2.45) is 0 Å². The van der Waals surface area contributed by atoms with Crippen LogP contribution in [0.15, 0.2) is 18.2 Å². The molecule has 0 bridgehead atoms. The van der Waals surface area contributed by atoms with Gasteiger partial charge in [-0.2, -0.15) is 5.23 Å². The van der Waals surface area contributed by atoms with Gasteiger partial charge in [-0.3, -0.25) is 0 Å². The molecular weight excluding hydrogens is 292 g/mol. The number of ether oxygens (including phenoxy) is 1. The summed E-state index contributed by atoms with van der Waals surface area (Å²) in [6.07, 6.45) is -4.81. The number of anilines is 1. The smallest absolute Gasteiger partial charge is 0.184 e. The lowest BCUT2D eigenvalue weighted by Crippen LogP contribution is -2.99. The summed E-state index contributed by atoms with van der Waals surface area (Å²) in [5, 5.41) is 50.2. The Morgan fingerprint density at radius 2 is 2.00 bits per heavy atom. The minimum absolute atomic E-state index is 0.0867. The van der Waals surface area contributed by atoms with Crippen LogP contribution in [0.1, 0.15) is 0 Å². The summed E-state index contributed by atoms with van der Waals surface area (Å²) in [4.78, 5) is 0. The van der Waals surface area contributed by atoms with Gasteiger partial charge in [0.05, 0.1) is 6.61 Å². The summed E-state index contributed by atoms with van der Waals surface area (Å²) in [5.74, 6) is 0. The molecule has 5 atom stereocenters. The first-order chi connectivity index (χ1) is 9.40. The number of rotatable bonds is 3. The Morgan fingerprint density at radius 3 is 2.65 bits per heavy atom. The van der Waals surface area contributed by atoms with E-state index in [4.69, 9.17) is 21.5 Å². The van der Waals surface area contributed by atoms with Crippen LogP contribution >= 0.6 is 11.6 Å². The molecule has 112 valence electrons. The molecule has 1 fully saturated rings. The van der Waals surface area contributed by atoms with Crippen molar-refractivity contribution < 1.29 is 30.5 Å². The summed E-state index contributed by atoms with van der Waals surface area (Å²) in [7, 11) is 0. The maximum absolute atomic E-state index is 11.0. The summed E-state index contributed by atoms with van der Waals surface area (Å²) in [6.45, 7) is -0.144. The fourth-order valence-electron chi connectivity index (χ4n) is 1.88. The molecular formula is C11H15ClN2O6. The van der Waals surface area contributed by atoms with Crippen molar-refractivity contribution in [3.63, 3.8) is 0 Å². The molecule has 0 spiro atoms. The van der Waals surface area contributed by atoms with Gasteiger partial charge in [0.25, 0.3) is 0 Å². The molecule has 2 rings (SSSR count). The predicted octanol–water partition coefficient (Wildman–Crippen LogP) is -1.41. The summed E-state index contributed by atoms with van der Waals surface area (Å²) >= 11 is 5.74. The molecule has 1 aromatic carbocycles. The van der Waals surface area contributed by atoms with Gasteiger partial charge in [0.2, 0.25) is 0 Å². The van der Waals surface area contributed by atoms with Crippen LogP contribution in [0.4, 0.5) is 11.4 Å². The highest BCUT2D eigenvalue weighted by atomic mass is 35.5. The Balaban J connectivity index is 2.12. The minimum atomic E-state index is -1.34. The second-order valence-electron chi connectivity index (χ2n) is 4.45. The van der Waals surface area contributed by atoms with Gasteiger partial charge in [0.15, 0.2) is 11.9 Å². The molecule has 1 aliphatic heterocycles. The summed E-state index contributed by atoms with van der Waals surface area (Å²) in [6, 6.07) is 4.20. The zero-order valence-corrected chi connectivity index (χ0v) is 11.0. The van der Waals surface area contributed by atoms with Gasteiger partial charge in [-0.1, -0.05) is 11.6 Å². The van der Waals surface area contributed by atoms with Crippen LogP contribution in [0.3, 0.4) is 0 Å². The molecule has 0 radical (unpaired) electrons. The molecule has 1 saturated heterocycles. The highest BCUT2D eigenvalue weighted by Gasteiger charge is 2.37. The maximum atomic E-state index is 11.0. The molecule has 1 unspecified atom stereocenters. The third-order valence-corrected chi connectivity index (χ3v) is 3.34. The van der Waals surface area contributed by atoms with E-state index in [9.17, 15) is 20.5 Å². The van der Waals surface area contributed by atoms with Crippen LogP contribution in [0, 0.1) is 5.21 Å². The minimum Gasteiger partial charge on any atom is -0.595 e. The van der Waals surface area contributed by atoms with Gasteiger partial charge >= 0.3 is 0 Å². The zero-order chi connectivity index (χ0) is 14.9. The lowest BCUT2D eigenvalue weighted by molar-refractivity contribution is -0.991. The highest BCUT2D eigenvalue weighted by molar-refractivity contribution is 6.32. The number of hydrogen-bond acceptors (Lipinski definition) is 7. The number of aliphatic hydroxyl groups is 3. The van der Waals surface area contributed by atoms with Crippen LogP contribution < -0.4 is 10.5 Å². The number of hydrogen-bond donors (Lipinski definition) is 6. The van der Waals surface area contributed by atoms with Crippen LogP contribution in [0.2, 0.25) is 5.02 Å². The van der Waals surface area contributed by atoms with Crippen LogP contribution in [0.5, 0.6) is 0 Å². The molecule has 8 nitrogen and oxygen atoms in total. The molecule has 0 aliphatic carbocycles. The first kappa shape index (κ1) is 15.4. The summed E-state index contributed by atoms with van der Waals surface area (Å²) < 4.78 is 5.16. The van der Waals surface area contributed by atoms with Gasteiger partial charge in [0.1, 0.15) is 23.3 Å². The SMILES string of the molecule is [O-][NH+](O)c1cc(N[C@H]2OC[C@@H](O)[C@@H](O)[C@@H]2O)ccc1Cl. The normalized spacial score (nSPS) is 31.9. The van der Waals surface area contributed by atoms with Gasteiger partial charge in [-0.25, -0.2) is 5.21 Å². The lowest BCUT2D eigenvalue weighted by Gasteiger charge is -2.36. The quantitative estimate of drug-likeness (QED) is 0.379. The van der Waals surface area contributed by atoms with Crippen molar-refractivity contribution in [3.8, 4) is 0 Å². The molecule has 1 aliphatic rings. The predicted molar refractivity (Wildman–Crippen MR) is 68.6 cm³/mol. The van der Waals surface area contributed by atoms with E-state index in [-0.39, 0.29) is 17.3 Å². The average molecular weight is 307 g/mol. The largest absolute Gasteiger partial charge is 0.595 e. The number of aliphatic hydroxyl groups excluding tert-OH is 3. The van der Waals surface area contributed by atoms with Crippen molar-refractivity contribution in [1.82, 2.24) is 0 Å². The third-order valence-electron chi connectivity index (χ3n) is 3.01. The molecule has 1 aromatic rings. The number of benzene rings is 1. The summed E-state index contributed by atoms with van der Waals surface area (Å²) in [5.41, 5.74) is 0.266. The van der Waals surface area contributed by atoms with Gasteiger partial charge in [0, 0.05) is 11.8 Å². The Hall–Kier alpha value is -0.970. The second kappa shape index (κ2) is 6.20. The Labute approximate surface area is 119 Å². The van der Waals surface area contributed by atoms with E-state index in [1.54, 1.807) is 0 Å². The number of nitrogens with one attached hydrogen (secondary N) is 2. The monoisotopic (exact) mass is 306 g/mol. The maximum Gasteiger partial charge on any atom is 0.184 e. The van der Waals surface area contributed by atoms with E-state index in [1.165, 1.54) is 18.2 Å². The van der Waals surface area contributed by atoms with Gasteiger partial charge in [-0.15, -0.1) is 0 Å². The van der Waals surface area contributed by atoms with E-state index >= 15 is 0 Å². The fraction of sp³-hybridized carbons (Fsp3) is 0.455. The molecule has 9 heteroatoms. The zero-order valence-electron chi connectivity index (χ0n) is 10.2. The fourth-order valence-corrected chi connectivity index (χ4v) is 2.07. The van der Waals surface area contributed by atoms with E-state index in [0.717, 1.165) is 0 Å². The second-order valence-corrected chi connectivity index (χ2v) is 4.85. The van der Waals surface area contributed by atoms with E-state index in [2.05, 4.69) is 5.32 Å². The van der Waals surface area contributed by atoms with Crippen LogP contribution in [0.25, 0.3) is 0 Å². The van der Waals surface area contributed by atoms with Crippen LogP contribution in [-0.4, -0.2) is 51.7 Å². The van der Waals surface area contributed by atoms with E-state index in [1.807, 2.05) is 0 Å². The first-order valence-corrected chi connectivity index (χ1v) is 6.23. The highest BCUT2D eigenvalue weighted by Crippen LogP contribution is 2.24. The lowest BCUT2D eigenvalue weighted by atomic mass is 10.0. The Kier molecular flexibility index (Phi) is 4.78. The average Bonchev–Trinajstić information content (AvgIpc) is 2.41. The van der Waals surface area contributed by atoms with Crippen molar-refractivity contribution in [3.05, 3.63) is 28.4 Å². The van der Waals surface area contributed by atoms with Crippen molar-refractivity contribution >= 4 is 23.0 Å². The van der Waals surface area contributed by atoms with Crippen molar-refractivity contribution in [1.29, 1.82) is 0 Å². The van der Waals surface area contributed by atoms with E-state index in [0.29, 0.717) is 5.69 Å². The molecule has 20 heavy (non-hydrogen) atoms. The third kappa shape index (κ3) is 3.19. The number of halogens is 1. The van der Waals surface area contributed by atoms with Gasteiger partial charge in [-0.05, 0) is 12.1 Å².